The van der Waals surface area contributed by atoms with Gasteiger partial charge in [0.25, 0.3) is 0 Å². The minimum absolute atomic E-state index is 0.00757. The molecule has 2 aliphatic heterocycles. The van der Waals surface area contributed by atoms with Gasteiger partial charge in [0, 0.05) is 16.7 Å². The van der Waals surface area contributed by atoms with Crippen molar-refractivity contribution in [2.75, 3.05) is 14.2 Å². The number of aliphatic hydroxyl groups is 2. The van der Waals surface area contributed by atoms with Crippen LogP contribution in [0.4, 0.5) is 11.4 Å². The SMILES string of the molecule is COc1ccc2c(c1)C(O)(c1cc(OC)cc3cc(-c4cccc(C5(O)C(N)=Nc6ccc(O)cc65)c4)ccc13)C(N)=N2. The van der Waals surface area contributed by atoms with Crippen molar-refractivity contribution in [1.82, 2.24) is 0 Å². The fourth-order valence-electron chi connectivity index (χ4n) is 6.09. The average molecular weight is 573 g/mol. The normalized spacial score (nSPS) is 20.4. The van der Waals surface area contributed by atoms with E-state index in [0.717, 1.165) is 21.9 Å². The Kier molecular flexibility index (Phi) is 5.74. The lowest BCUT2D eigenvalue weighted by molar-refractivity contribution is 0.158. The molecule has 43 heavy (non-hydrogen) atoms. The van der Waals surface area contributed by atoms with Gasteiger partial charge in [0.2, 0.25) is 0 Å². The summed E-state index contributed by atoms with van der Waals surface area (Å²) in [5, 5.41) is 35.6. The van der Waals surface area contributed by atoms with Gasteiger partial charge in [-0.25, -0.2) is 9.98 Å². The number of aliphatic imine (C=N–C) groups is 2. The molecule has 0 saturated carbocycles. The largest absolute Gasteiger partial charge is 0.508 e. The van der Waals surface area contributed by atoms with Crippen molar-refractivity contribution in [3.63, 3.8) is 0 Å². The lowest BCUT2D eigenvalue weighted by Crippen LogP contribution is -2.39. The summed E-state index contributed by atoms with van der Waals surface area (Å²) in [5.41, 5.74) is 13.9. The second-order valence-corrected chi connectivity index (χ2v) is 10.7. The Bertz CT molecular complexity index is 2040. The highest BCUT2D eigenvalue weighted by Crippen LogP contribution is 2.47. The molecule has 2 aliphatic rings. The molecule has 5 aromatic rings. The molecule has 0 saturated heterocycles. The molecule has 7 N–H and O–H groups in total. The molecule has 2 atom stereocenters. The van der Waals surface area contributed by atoms with Crippen molar-refractivity contribution in [2.24, 2.45) is 21.5 Å². The first-order valence-electron chi connectivity index (χ1n) is 13.6. The van der Waals surface area contributed by atoms with Crippen molar-refractivity contribution < 1.29 is 24.8 Å². The quantitative estimate of drug-likeness (QED) is 0.204. The molecule has 0 amide bonds. The Morgan fingerprint density at radius 2 is 1.28 bits per heavy atom. The van der Waals surface area contributed by atoms with Crippen molar-refractivity contribution >= 4 is 33.8 Å². The van der Waals surface area contributed by atoms with Crippen LogP contribution in [0.3, 0.4) is 0 Å². The van der Waals surface area contributed by atoms with E-state index in [2.05, 4.69) is 9.98 Å². The van der Waals surface area contributed by atoms with Crippen molar-refractivity contribution in [3.05, 3.63) is 113 Å². The van der Waals surface area contributed by atoms with E-state index in [9.17, 15) is 15.3 Å². The molecule has 9 heteroatoms. The van der Waals surface area contributed by atoms with Gasteiger partial charge in [0.05, 0.1) is 25.6 Å². The highest BCUT2D eigenvalue weighted by Gasteiger charge is 2.45. The van der Waals surface area contributed by atoms with Crippen LogP contribution < -0.4 is 20.9 Å². The standard InChI is InChI=1S/C34H28N4O5/c1-42-23-8-11-30-28(16-23)34(41,32(36)38-30)26-17-24(43-2)14-20-12-19(6-9-25(20)26)18-4-3-5-21(13-18)33(40)27-15-22(39)7-10-29(27)37-31(33)35/h3-17,39-41H,1-2H3,(H2,35,37)(H2,36,38). The Balaban J connectivity index is 1.37. The molecule has 2 unspecified atom stereocenters. The molecule has 0 spiro atoms. The number of benzene rings is 5. The zero-order valence-electron chi connectivity index (χ0n) is 23.4. The number of hydrogen-bond donors (Lipinski definition) is 5. The van der Waals surface area contributed by atoms with Gasteiger partial charge in [0.1, 0.15) is 28.9 Å². The third-order valence-electron chi connectivity index (χ3n) is 8.35. The molecule has 0 aromatic heterocycles. The van der Waals surface area contributed by atoms with Gasteiger partial charge in [-0.05, 0) is 88.1 Å². The smallest absolute Gasteiger partial charge is 0.175 e. The zero-order valence-corrected chi connectivity index (χ0v) is 23.4. The fourth-order valence-corrected chi connectivity index (χ4v) is 6.09. The summed E-state index contributed by atoms with van der Waals surface area (Å²) in [4.78, 5) is 8.79. The van der Waals surface area contributed by atoms with Gasteiger partial charge in [-0.2, -0.15) is 0 Å². The van der Waals surface area contributed by atoms with E-state index in [-0.39, 0.29) is 17.4 Å². The van der Waals surface area contributed by atoms with Crippen LogP contribution in [0.25, 0.3) is 21.9 Å². The first kappa shape index (κ1) is 26.5. The molecule has 9 nitrogen and oxygen atoms in total. The van der Waals surface area contributed by atoms with Crippen LogP contribution in [0.5, 0.6) is 17.2 Å². The number of methoxy groups -OCH3 is 2. The number of nitrogens with zero attached hydrogens (tertiary/aromatic N) is 2. The Labute approximate surface area is 247 Å². The molecule has 214 valence electrons. The van der Waals surface area contributed by atoms with Gasteiger partial charge in [-0.1, -0.05) is 30.3 Å². The van der Waals surface area contributed by atoms with Crippen LogP contribution in [0.15, 0.2) is 101 Å². The first-order valence-corrected chi connectivity index (χ1v) is 13.6. The molecule has 5 aromatic carbocycles. The van der Waals surface area contributed by atoms with Crippen LogP contribution in [0.1, 0.15) is 22.3 Å². The van der Waals surface area contributed by atoms with Crippen LogP contribution >= 0.6 is 0 Å². The number of aromatic hydroxyl groups is 1. The number of ether oxygens (including phenoxy) is 2. The number of fused-ring (bicyclic) bond motifs is 3. The molecule has 0 bridgehead atoms. The summed E-state index contributed by atoms with van der Waals surface area (Å²) in [7, 11) is 3.13. The van der Waals surface area contributed by atoms with Crippen LogP contribution in [-0.4, -0.2) is 41.2 Å². The monoisotopic (exact) mass is 572 g/mol. The minimum atomic E-state index is -1.71. The van der Waals surface area contributed by atoms with Gasteiger partial charge >= 0.3 is 0 Å². The predicted molar refractivity (Wildman–Crippen MR) is 166 cm³/mol. The number of phenols is 1. The van der Waals surface area contributed by atoms with E-state index in [0.29, 0.717) is 45.1 Å². The van der Waals surface area contributed by atoms with Crippen molar-refractivity contribution in [2.45, 2.75) is 11.2 Å². The topological polar surface area (TPSA) is 156 Å². The summed E-state index contributed by atoms with van der Waals surface area (Å²) < 4.78 is 11.1. The third kappa shape index (κ3) is 3.79. The molecule has 2 heterocycles. The van der Waals surface area contributed by atoms with E-state index in [1.807, 2.05) is 42.5 Å². The summed E-state index contributed by atoms with van der Waals surface area (Å²) in [6, 6.07) is 26.8. The molecule has 0 fully saturated rings. The Morgan fingerprint density at radius 3 is 2.02 bits per heavy atom. The number of phenolic OH excluding ortho intramolecular Hbond substituents is 1. The fraction of sp³-hybridized carbons (Fsp3) is 0.118. The van der Waals surface area contributed by atoms with Gasteiger partial charge in [0.15, 0.2) is 11.2 Å². The van der Waals surface area contributed by atoms with Crippen molar-refractivity contribution in [3.8, 4) is 28.4 Å². The van der Waals surface area contributed by atoms with Crippen molar-refractivity contribution in [1.29, 1.82) is 0 Å². The lowest BCUT2D eigenvalue weighted by atomic mass is 9.82. The molecular weight excluding hydrogens is 544 g/mol. The highest BCUT2D eigenvalue weighted by atomic mass is 16.5. The Hall–Kier alpha value is -5.38. The van der Waals surface area contributed by atoms with E-state index in [1.165, 1.54) is 12.1 Å². The maximum absolute atomic E-state index is 12.2. The summed E-state index contributed by atoms with van der Waals surface area (Å²) in [6.45, 7) is 0. The lowest BCUT2D eigenvalue weighted by Gasteiger charge is -2.27. The average Bonchev–Trinajstić information content (AvgIpc) is 3.44. The zero-order chi connectivity index (χ0) is 30.1. The summed E-state index contributed by atoms with van der Waals surface area (Å²) in [6.07, 6.45) is 0. The maximum atomic E-state index is 12.2. The van der Waals surface area contributed by atoms with Gasteiger partial charge < -0.3 is 36.3 Å². The second-order valence-electron chi connectivity index (χ2n) is 10.7. The molecule has 7 rings (SSSR count). The molecule has 0 aliphatic carbocycles. The van der Waals surface area contributed by atoms with E-state index in [4.69, 9.17) is 20.9 Å². The number of amidine groups is 2. The van der Waals surface area contributed by atoms with Gasteiger partial charge in [-0.15, -0.1) is 0 Å². The highest BCUT2D eigenvalue weighted by molar-refractivity contribution is 6.05. The molecule has 0 radical (unpaired) electrons. The minimum Gasteiger partial charge on any atom is -0.508 e. The van der Waals surface area contributed by atoms with Gasteiger partial charge in [-0.3, -0.25) is 0 Å². The molecular formula is C34H28N4O5. The van der Waals surface area contributed by atoms with E-state index in [1.54, 1.807) is 50.6 Å². The second kappa shape index (κ2) is 9.32. The van der Waals surface area contributed by atoms with Crippen LogP contribution in [0.2, 0.25) is 0 Å². The van der Waals surface area contributed by atoms with Crippen LogP contribution in [0, 0.1) is 0 Å². The first-order chi connectivity index (χ1) is 20.7. The predicted octanol–water partition coefficient (Wildman–Crippen LogP) is 4.71. The Morgan fingerprint density at radius 1 is 0.628 bits per heavy atom. The number of nitrogens with two attached hydrogens (primary N) is 2. The van der Waals surface area contributed by atoms with E-state index >= 15 is 0 Å². The third-order valence-corrected chi connectivity index (χ3v) is 8.35. The number of rotatable bonds is 5. The summed E-state index contributed by atoms with van der Waals surface area (Å²) in [5.74, 6) is 1.19. The van der Waals surface area contributed by atoms with Crippen LogP contribution in [-0.2, 0) is 11.2 Å². The number of hydrogen-bond acceptors (Lipinski definition) is 9. The van der Waals surface area contributed by atoms with E-state index < -0.39 is 11.2 Å². The summed E-state index contributed by atoms with van der Waals surface area (Å²) >= 11 is 0. The maximum Gasteiger partial charge on any atom is 0.175 e.